The van der Waals surface area contributed by atoms with Crippen molar-refractivity contribution in [3.8, 4) is 0 Å². The standard InChI is InChI=1S/C4H9BO3/c1-2-3-4-8-5(6)7/h2,6-7H,1,3-4H2. The lowest BCUT2D eigenvalue weighted by Gasteiger charge is -1.96. The maximum absolute atomic E-state index is 8.08. The van der Waals surface area contributed by atoms with Crippen molar-refractivity contribution in [2.75, 3.05) is 6.61 Å². The second-order valence-electron chi connectivity index (χ2n) is 1.27. The summed E-state index contributed by atoms with van der Waals surface area (Å²) in [7, 11) is -1.64. The molecule has 0 bridgehead atoms. The molecule has 0 saturated carbocycles. The zero-order valence-corrected chi connectivity index (χ0v) is 4.58. The summed E-state index contributed by atoms with van der Waals surface area (Å²) in [6.07, 6.45) is 2.28. The molecule has 0 rings (SSSR count). The van der Waals surface area contributed by atoms with Crippen LogP contribution in [0.15, 0.2) is 12.7 Å². The molecule has 0 radical (unpaired) electrons. The van der Waals surface area contributed by atoms with E-state index in [1.165, 1.54) is 0 Å². The molecular weight excluding hydrogens is 107 g/mol. The summed E-state index contributed by atoms with van der Waals surface area (Å²) in [6.45, 7) is 3.72. The molecule has 0 atom stereocenters. The van der Waals surface area contributed by atoms with Crippen LogP contribution in [-0.4, -0.2) is 24.0 Å². The Morgan fingerprint density at radius 3 is 2.62 bits per heavy atom. The average Bonchev–Trinajstić information content (AvgIpc) is 1.66. The highest BCUT2D eigenvalue weighted by atomic mass is 16.6. The van der Waals surface area contributed by atoms with Gasteiger partial charge in [-0.15, -0.1) is 6.58 Å². The van der Waals surface area contributed by atoms with Gasteiger partial charge in [-0.3, -0.25) is 0 Å². The molecule has 0 aromatic rings. The van der Waals surface area contributed by atoms with Crippen molar-refractivity contribution in [3.05, 3.63) is 12.7 Å². The molecule has 0 amide bonds. The summed E-state index contributed by atoms with van der Waals surface area (Å²) < 4.78 is 4.32. The summed E-state index contributed by atoms with van der Waals surface area (Å²) in [5.74, 6) is 0. The fraction of sp³-hybridized carbons (Fsp3) is 0.500. The molecule has 2 N–H and O–H groups in total. The minimum absolute atomic E-state index is 0.307. The van der Waals surface area contributed by atoms with Gasteiger partial charge in [0.1, 0.15) is 0 Å². The third-order valence-electron chi connectivity index (χ3n) is 0.589. The van der Waals surface area contributed by atoms with Crippen LogP contribution in [0.2, 0.25) is 0 Å². The van der Waals surface area contributed by atoms with E-state index in [0.717, 1.165) is 0 Å². The van der Waals surface area contributed by atoms with E-state index in [-0.39, 0.29) is 0 Å². The molecule has 0 saturated heterocycles. The Labute approximate surface area is 48.8 Å². The first kappa shape index (κ1) is 7.68. The third-order valence-corrected chi connectivity index (χ3v) is 0.589. The second-order valence-corrected chi connectivity index (χ2v) is 1.27. The minimum atomic E-state index is -1.64. The van der Waals surface area contributed by atoms with Crippen LogP contribution < -0.4 is 0 Å². The maximum atomic E-state index is 8.08. The van der Waals surface area contributed by atoms with Crippen LogP contribution in [0.1, 0.15) is 6.42 Å². The summed E-state index contributed by atoms with van der Waals surface area (Å²) in [5, 5.41) is 16.2. The van der Waals surface area contributed by atoms with Crippen molar-refractivity contribution in [1.29, 1.82) is 0 Å². The Hall–Kier alpha value is -0.315. The molecule has 0 aromatic carbocycles. The topological polar surface area (TPSA) is 49.7 Å². The van der Waals surface area contributed by atoms with E-state index in [0.29, 0.717) is 13.0 Å². The summed E-state index contributed by atoms with van der Waals surface area (Å²) in [5.41, 5.74) is 0. The maximum Gasteiger partial charge on any atom is 0.633 e. The van der Waals surface area contributed by atoms with Crippen LogP contribution in [0, 0.1) is 0 Å². The van der Waals surface area contributed by atoms with Crippen LogP contribution in [0.5, 0.6) is 0 Å². The van der Waals surface area contributed by atoms with Crippen LogP contribution in [0.3, 0.4) is 0 Å². The largest absolute Gasteiger partial charge is 0.633 e. The van der Waals surface area contributed by atoms with Gasteiger partial charge in [-0.25, -0.2) is 0 Å². The molecule has 0 aliphatic rings. The molecule has 46 valence electrons. The predicted molar refractivity (Wildman–Crippen MR) is 31.0 cm³/mol. The van der Waals surface area contributed by atoms with E-state index < -0.39 is 7.32 Å². The predicted octanol–water partition coefficient (Wildman–Crippen LogP) is -0.451. The first-order chi connectivity index (χ1) is 3.77. The lowest BCUT2D eigenvalue weighted by atomic mass is 10.2. The van der Waals surface area contributed by atoms with Crippen molar-refractivity contribution in [1.82, 2.24) is 0 Å². The van der Waals surface area contributed by atoms with Gasteiger partial charge < -0.3 is 14.7 Å². The van der Waals surface area contributed by atoms with Gasteiger partial charge in [0, 0.05) is 6.61 Å². The second kappa shape index (κ2) is 4.83. The van der Waals surface area contributed by atoms with Gasteiger partial charge in [-0.05, 0) is 6.42 Å². The van der Waals surface area contributed by atoms with Crippen molar-refractivity contribution in [2.45, 2.75) is 6.42 Å². The van der Waals surface area contributed by atoms with Gasteiger partial charge in [0.15, 0.2) is 0 Å². The lowest BCUT2D eigenvalue weighted by molar-refractivity contribution is 0.189. The van der Waals surface area contributed by atoms with Crippen molar-refractivity contribution in [3.63, 3.8) is 0 Å². The molecule has 0 aliphatic heterocycles. The van der Waals surface area contributed by atoms with E-state index in [1.54, 1.807) is 6.08 Å². The van der Waals surface area contributed by atoms with Crippen molar-refractivity contribution >= 4 is 7.32 Å². The Morgan fingerprint density at radius 2 is 2.25 bits per heavy atom. The van der Waals surface area contributed by atoms with E-state index in [4.69, 9.17) is 10.0 Å². The Balaban J connectivity index is 2.81. The fourth-order valence-electron chi connectivity index (χ4n) is 0.257. The normalized spacial score (nSPS) is 8.75. The molecule has 8 heavy (non-hydrogen) atoms. The van der Waals surface area contributed by atoms with E-state index >= 15 is 0 Å². The highest BCUT2D eigenvalue weighted by Crippen LogP contribution is 1.81. The molecule has 0 fully saturated rings. The van der Waals surface area contributed by atoms with Crippen molar-refractivity contribution < 1.29 is 14.7 Å². The highest BCUT2D eigenvalue weighted by molar-refractivity contribution is 6.32. The first-order valence-corrected chi connectivity index (χ1v) is 2.36. The first-order valence-electron chi connectivity index (χ1n) is 2.36. The van der Waals surface area contributed by atoms with Gasteiger partial charge in [-0.2, -0.15) is 0 Å². The molecular formula is C4H9BO3. The van der Waals surface area contributed by atoms with Crippen LogP contribution in [0.4, 0.5) is 0 Å². The Morgan fingerprint density at radius 1 is 1.62 bits per heavy atom. The highest BCUT2D eigenvalue weighted by Gasteiger charge is 2.05. The number of rotatable bonds is 4. The Bertz CT molecular complexity index is 64.3. The van der Waals surface area contributed by atoms with Gasteiger partial charge in [0.2, 0.25) is 0 Å². The van der Waals surface area contributed by atoms with Crippen molar-refractivity contribution in [2.24, 2.45) is 0 Å². The molecule has 0 aliphatic carbocycles. The van der Waals surface area contributed by atoms with E-state index in [1.807, 2.05) is 0 Å². The zero-order valence-electron chi connectivity index (χ0n) is 4.58. The van der Waals surface area contributed by atoms with Gasteiger partial charge >= 0.3 is 7.32 Å². The molecule has 0 aromatic heterocycles. The number of hydrogen-bond acceptors (Lipinski definition) is 3. The third kappa shape index (κ3) is 5.68. The van der Waals surface area contributed by atoms with Gasteiger partial charge in [0.05, 0.1) is 0 Å². The smallest absolute Gasteiger partial charge is 0.402 e. The summed E-state index contributed by atoms with van der Waals surface area (Å²) in [6, 6.07) is 0. The van der Waals surface area contributed by atoms with Crippen LogP contribution in [0.25, 0.3) is 0 Å². The molecule has 0 heterocycles. The Kier molecular flexibility index (Phi) is 4.64. The van der Waals surface area contributed by atoms with E-state index in [2.05, 4.69) is 11.2 Å². The minimum Gasteiger partial charge on any atom is -0.402 e. The molecule has 0 spiro atoms. The molecule has 4 heteroatoms. The average molecular weight is 116 g/mol. The SMILES string of the molecule is C=CCCOB(O)O. The van der Waals surface area contributed by atoms with Gasteiger partial charge in [-0.1, -0.05) is 6.08 Å². The van der Waals surface area contributed by atoms with E-state index in [9.17, 15) is 0 Å². The number of hydrogen-bond donors (Lipinski definition) is 2. The quantitative estimate of drug-likeness (QED) is 0.297. The zero-order chi connectivity index (χ0) is 6.41. The van der Waals surface area contributed by atoms with Gasteiger partial charge in [0.25, 0.3) is 0 Å². The lowest BCUT2D eigenvalue weighted by Crippen LogP contribution is -2.16. The molecule has 3 nitrogen and oxygen atoms in total. The molecule has 0 unspecified atom stereocenters. The van der Waals surface area contributed by atoms with Crippen LogP contribution >= 0.6 is 0 Å². The van der Waals surface area contributed by atoms with Crippen LogP contribution in [-0.2, 0) is 4.65 Å². The monoisotopic (exact) mass is 116 g/mol. The summed E-state index contributed by atoms with van der Waals surface area (Å²) in [4.78, 5) is 0. The summed E-state index contributed by atoms with van der Waals surface area (Å²) >= 11 is 0. The fourth-order valence-corrected chi connectivity index (χ4v) is 0.257.